The Balaban J connectivity index is 1.55. The van der Waals surface area contributed by atoms with Gasteiger partial charge in [-0.05, 0) is 60.2 Å². The minimum absolute atomic E-state index is 0.644. The summed E-state index contributed by atoms with van der Waals surface area (Å²) in [6.45, 7) is 4.23. The van der Waals surface area contributed by atoms with Crippen LogP contribution in [-0.2, 0) is 0 Å². The third kappa shape index (κ3) is 4.71. The lowest BCUT2D eigenvalue weighted by Gasteiger charge is -2.12. The van der Waals surface area contributed by atoms with Gasteiger partial charge in [-0.15, -0.1) is 11.3 Å². The molecule has 2 aromatic heterocycles. The number of thiophene rings is 1. The van der Waals surface area contributed by atoms with E-state index in [0.29, 0.717) is 17.5 Å². The predicted octanol–water partition coefficient (Wildman–Crippen LogP) is 9.61. The number of nitrogens with zero attached hydrogens (tertiary/aromatic N) is 3. The summed E-state index contributed by atoms with van der Waals surface area (Å²) in [5.41, 5.74) is 6.40. The van der Waals surface area contributed by atoms with Gasteiger partial charge in [0.1, 0.15) is 0 Å². The second kappa shape index (κ2) is 10.4. The van der Waals surface area contributed by atoms with Crippen LogP contribution >= 0.6 is 27.3 Å². The predicted molar refractivity (Wildman–Crippen MR) is 163 cm³/mol. The molecule has 4 aromatic carbocycles. The van der Waals surface area contributed by atoms with Gasteiger partial charge in [0.2, 0.25) is 0 Å². The first-order chi connectivity index (χ1) is 18.6. The summed E-state index contributed by atoms with van der Waals surface area (Å²) in [6.07, 6.45) is 2.11. The van der Waals surface area contributed by atoms with Crippen LogP contribution in [0.25, 0.3) is 49.6 Å². The van der Waals surface area contributed by atoms with Gasteiger partial charge in [-0.2, -0.15) is 0 Å². The number of rotatable bonds is 5. The smallest absolute Gasteiger partial charge is 0.165 e. The number of hydrogen-bond donors (Lipinski definition) is 0. The summed E-state index contributed by atoms with van der Waals surface area (Å²) in [4.78, 5) is 16.2. The lowest BCUT2D eigenvalue weighted by molar-refractivity contribution is 1.03. The molecule has 2 heterocycles. The van der Waals surface area contributed by atoms with E-state index in [9.17, 15) is 0 Å². The van der Waals surface area contributed by atoms with E-state index in [1.165, 1.54) is 20.5 Å². The first-order valence-corrected chi connectivity index (χ1v) is 14.0. The van der Waals surface area contributed by atoms with Crippen molar-refractivity contribution in [3.05, 3.63) is 130 Å². The first kappa shape index (κ1) is 24.4. The average molecular weight is 575 g/mol. The fourth-order valence-electron chi connectivity index (χ4n) is 4.65. The van der Waals surface area contributed by atoms with Gasteiger partial charge in [-0.25, -0.2) is 15.0 Å². The number of allylic oxidation sites excluding steroid dienone is 1. The quantitative estimate of drug-likeness (QED) is 0.206. The number of halogens is 1. The van der Waals surface area contributed by atoms with Crippen molar-refractivity contribution in [2.45, 2.75) is 13.8 Å². The van der Waals surface area contributed by atoms with Crippen LogP contribution in [0.1, 0.15) is 23.2 Å². The molecule has 38 heavy (non-hydrogen) atoms. The lowest BCUT2D eigenvalue weighted by atomic mass is 10.0. The standard InChI is InChI=1S/C33H24BrN3S/c1-3-27(30-21(2)28-16-10-11-17-29(28)38-30)33-36-31(23-14-8-5-9-15-23)35-32(37-33)25-18-24(19-26(34)20-25)22-12-6-4-7-13-22/h3-20H,1-2H3/b27-3+. The van der Waals surface area contributed by atoms with Crippen molar-refractivity contribution < 1.29 is 0 Å². The zero-order chi connectivity index (χ0) is 26.1. The SMILES string of the molecule is C/C=C(/c1nc(-c2ccccc2)nc(-c2cc(Br)cc(-c3ccccc3)c2)n1)c1sc2ccccc2c1C. The van der Waals surface area contributed by atoms with Crippen LogP contribution in [0.4, 0.5) is 0 Å². The van der Waals surface area contributed by atoms with Crippen LogP contribution in [0, 0.1) is 6.92 Å². The van der Waals surface area contributed by atoms with E-state index in [4.69, 9.17) is 15.0 Å². The summed E-state index contributed by atoms with van der Waals surface area (Å²) in [5.74, 6) is 1.97. The molecule has 0 radical (unpaired) electrons. The fraction of sp³-hybridized carbons (Fsp3) is 0.0606. The third-order valence-corrected chi connectivity index (χ3v) is 8.31. The molecule has 0 aliphatic rings. The van der Waals surface area contributed by atoms with Gasteiger partial charge in [0, 0.05) is 30.7 Å². The highest BCUT2D eigenvalue weighted by atomic mass is 79.9. The molecule has 184 valence electrons. The molecule has 0 N–H and O–H groups in total. The molecule has 0 amide bonds. The summed E-state index contributed by atoms with van der Waals surface area (Å²) in [6, 6.07) is 35.3. The summed E-state index contributed by atoms with van der Waals surface area (Å²) >= 11 is 5.50. The van der Waals surface area contributed by atoms with Crippen LogP contribution in [0.5, 0.6) is 0 Å². The molecule has 3 nitrogen and oxygen atoms in total. The minimum Gasteiger partial charge on any atom is -0.208 e. The van der Waals surface area contributed by atoms with Crippen molar-refractivity contribution in [2.24, 2.45) is 0 Å². The van der Waals surface area contributed by atoms with Gasteiger partial charge in [0.25, 0.3) is 0 Å². The van der Waals surface area contributed by atoms with Crippen molar-refractivity contribution in [2.75, 3.05) is 0 Å². The van der Waals surface area contributed by atoms with Crippen LogP contribution in [0.15, 0.2) is 114 Å². The molecule has 6 rings (SSSR count). The first-order valence-electron chi connectivity index (χ1n) is 12.4. The van der Waals surface area contributed by atoms with E-state index in [-0.39, 0.29) is 0 Å². The highest BCUT2D eigenvalue weighted by Gasteiger charge is 2.19. The summed E-state index contributed by atoms with van der Waals surface area (Å²) in [5, 5.41) is 1.27. The molecule has 5 heteroatoms. The molecule has 0 bridgehead atoms. The molecule has 0 aliphatic carbocycles. The van der Waals surface area contributed by atoms with Gasteiger partial charge in [-0.3, -0.25) is 0 Å². The molecule has 0 spiro atoms. The summed E-state index contributed by atoms with van der Waals surface area (Å²) in [7, 11) is 0. The van der Waals surface area contributed by atoms with E-state index in [1.807, 2.05) is 36.4 Å². The van der Waals surface area contributed by atoms with Gasteiger partial charge < -0.3 is 0 Å². The fourth-order valence-corrected chi connectivity index (χ4v) is 6.42. The number of hydrogen-bond acceptors (Lipinski definition) is 4. The minimum atomic E-state index is 0.644. The van der Waals surface area contributed by atoms with Gasteiger partial charge in [0.15, 0.2) is 17.5 Å². The molecule has 0 saturated heterocycles. The highest BCUT2D eigenvalue weighted by molar-refractivity contribution is 9.10. The lowest BCUT2D eigenvalue weighted by Crippen LogP contribution is -2.03. The van der Waals surface area contributed by atoms with Crippen molar-refractivity contribution in [3.8, 4) is 33.9 Å². The maximum absolute atomic E-state index is 5.06. The Hall–Kier alpha value is -3.93. The average Bonchev–Trinajstić information content (AvgIpc) is 3.30. The molecule has 0 atom stereocenters. The Kier molecular flexibility index (Phi) is 6.71. The maximum atomic E-state index is 5.06. The number of benzene rings is 4. The van der Waals surface area contributed by atoms with E-state index < -0.39 is 0 Å². The van der Waals surface area contributed by atoms with Crippen LogP contribution in [0.2, 0.25) is 0 Å². The van der Waals surface area contributed by atoms with Crippen molar-refractivity contribution in [1.82, 2.24) is 15.0 Å². The number of aryl methyl sites for hydroxylation is 1. The van der Waals surface area contributed by atoms with E-state index >= 15 is 0 Å². The largest absolute Gasteiger partial charge is 0.208 e. The van der Waals surface area contributed by atoms with Gasteiger partial charge in [-0.1, -0.05) is 101 Å². The second-order valence-corrected chi connectivity index (χ2v) is 11.0. The summed E-state index contributed by atoms with van der Waals surface area (Å²) < 4.78 is 2.24. The Labute approximate surface area is 234 Å². The van der Waals surface area contributed by atoms with E-state index in [0.717, 1.165) is 32.3 Å². The van der Waals surface area contributed by atoms with Crippen LogP contribution in [-0.4, -0.2) is 15.0 Å². The van der Waals surface area contributed by atoms with Crippen molar-refractivity contribution in [1.29, 1.82) is 0 Å². The normalized spacial score (nSPS) is 11.7. The Bertz CT molecular complexity index is 1790. The van der Waals surface area contributed by atoms with Crippen LogP contribution in [0.3, 0.4) is 0 Å². The zero-order valence-corrected chi connectivity index (χ0v) is 23.4. The molecule has 0 aliphatic heterocycles. The second-order valence-electron chi connectivity index (χ2n) is 9.02. The van der Waals surface area contributed by atoms with Gasteiger partial charge >= 0.3 is 0 Å². The highest BCUT2D eigenvalue weighted by Crippen LogP contribution is 2.38. The number of aromatic nitrogens is 3. The molecule has 0 fully saturated rings. The van der Waals surface area contributed by atoms with Gasteiger partial charge in [0.05, 0.1) is 0 Å². The number of fused-ring (bicyclic) bond motifs is 1. The third-order valence-electron chi connectivity index (χ3n) is 6.55. The van der Waals surface area contributed by atoms with E-state index in [2.05, 4.69) is 103 Å². The molecule has 6 aromatic rings. The zero-order valence-electron chi connectivity index (χ0n) is 21.0. The Morgan fingerprint density at radius 2 is 1.29 bits per heavy atom. The van der Waals surface area contributed by atoms with Crippen LogP contribution < -0.4 is 0 Å². The topological polar surface area (TPSA) is 38.7 Å². The van der Waals surface area contributed by atoms with E-state index in [1.54, 1.807) is 11.3 Å². The molecular formula is C33H24BrN3S. The van der Waals surface area contributed by atoms with Crippen molar-refractivity contribution >= 4 is 42.9 Å². The Morgan fingerprint density at radius 1 is 0.684 bits per heavy atom. The molecule has 0 unspecified atom stereocenters. The Morgan fingerprint density at radius 3 is 1.97 bits per heavy atom. The monoisotopic (exact) mass is 573 g/mol. The molecule has 0 saturated carbocycles. The molecular weight excluding hydrogens is 550 g/mol. The van der Waals surface area contributed by atoms with Crippen molar-refractivity contribution in [3.63, 3.8) is 0 Å². The maximum Gasteiger partial charge on any atom is 0.165 e.